The Morgan fingerprint density at radius 3 is 2.26 bits per heavy atom. The average Bonchev–Trinajstić information content (AvgIpc) is 2.52. The Balaban J connectivity index is 1.70. The standard InChI is InChI=1S/C22H27ClN2O2/c1-21(2)13-15(14-22(3,4)25-21)24-20(26)18-11-10-17(12-19(18)23)27-16-8-6-5-7-9-16/h5-12,15,25H,13-14H2,1-4H3,(H,24,26). The largest absolute Gasteiger partial charge is 0.457 e. The van der Waals surface area contributed by atoms with Crippen molar-refractivity contribution in [2.45, 2.75) is 57.7 Å². The average molecular weight is 387 g/mol. The van der Waals surface area contributed by atoms with E-state index < -0.39 is 0 Å². The van der Waals surface area contributed by atoms with Crippen LogP contribution in [0.3, 0.4) is 0 Å². The summed E-state index contributed by atoms with van der Waals surface area (Å²) in [6.07, 6.45) is 1.74. The number of ether oxygens (including phenoxy) is 1. The second kappa shape index (κ2) is 7.53. The second-order valence-electron chi connectivity index (χ2n) is 8.53. The van der Waals surface area contributed by atoms with Gasteiger partial charge in [0, 0.05) is 23.2 Å². The van der Waals surface area contributed by atoms with Crippen LogP contribution in [0.5, 0.6) is 11.5 Å². The second-order valence-corrected chi connectivity index (χ2v) is 8.94. The number of benzene rings is 2. The van der Waals surface area contributed by atoms with E-state index in [0.717, 1.165) is 18.6 Å². The minimum Gasteiger partial charge on any atom is -0.457 e. The number of hydrogen-bond donors (Lipinski definition) is 2. The van der Waals surface area contributed by atoms with Crippen molar-refractivity contribution in [2.24, 2.45) is 0 Å². The van der Waals surface area contributed by atoms with Crippen molar-refractivity contribution in [1.29, 1.82) is 0 Å². The summed E-state index contributed by atoms with van der Waals surface area (Å²) in [5, 5.41) is 7.16. The van der Waals surface area contributed by atoms with Crippen LogP contribution in [0.15, 0.2) is 48.5 Å². The van der Waals surface area contributed by atoms with E-state index in [9.17, 15) is 4.79 Å². The summed E-state index contributed by atoms with van der Waals surface area (Å²) in [5.74, 6) is 1.18. The molecule has 0 aromatic heterocycles. The van der Waals surface area contributed by atoms with Crippen molar-refractivity contribution >= 4 is 17.5 Å². The Bertz CT molecular complexity index is 802. The van der Waals surface area contributed by atoms with Crippen LogP contribution in [0.4, 0.5) is 0 Å². The normalized spacial score (nSPS) is 18.7. The third-order valence-corrected chi connectivity index (χ3v) is 5.00. The molecule has 0 aliphatic carbocycles. The van der Waals surface area contributed by atoms with Crippen LogP contribution in [0.1, 0.15) is 50.9 Å². The van der Waals surface area contributed by atoms with Gasteiger partial charge < -0.3 is 15.4 Å². The molecule has 27 heavy (non-hydrogen) atoms. The zero-order valence-corrected chi connectivity index (χ0v) is 17.1. The summed E-state index contributed by atoms with van der Waals surface area (Å²) < 4.78 is 5.77. The summed E-state index contributed by atoms with van der Waals surface area (Å²) in [5.41, 5.74) is 0.402. The third kappa shape index (κ3) is 5.24. The van der Waals surface area contributed by atoms with E-state index in [1.54, 1.807) is 18.2 Å². The molecule has 0 saturated carbocycles. The fourth-order valence-electron chi connectivity index (χ4n) is 4.06. The van der Waals surface area contributed by atoms with E-state index >= 15 is 0 Å². The fourth-order valence-corrected chi connectivity index (χ4v) is 4.31. The van der Waals surface area contributed by atoms with Gasteiger partial charge in [-0.3, -0.25) is 4.79 Å². The number of carbonyl (C=O) groups is 1. The molecule has 4 nitrogen and oxygen atoms in total. The highest BCUT2D eigenvalue weighted by molar-refractivity contribution is 6.34. The van der Waals surface area contributed by atoms with Crippen molar-refractivity contribution in [3.63, 3.8) is 0 Å². The number of halogens is 1. The molecule has 2 aromatic carbocycles. The molecule has 1 heterocycles. The minimum atomic E-state index is -0.148. The van der Waals surface area contributed by atoms with Crippen molar-refractivity contribution < 1.29 is 9.53 Å². The number of rotatable bonds is 4. The van der Waals surface area contributed by atoms with E-state index in [2.05, 4.69) is 38.3 Å². The lowest BCUT2D eigenvalue weighted by Gasteiger charge is -2.46. The first-order valence-electron chi connectivity index (χ1n) is 9.26. The molecule has 1 amide bonds. The number of para-hydroxylation sites is 1. The van der Waals surface area contributed by atoms with Gasteiger partial charge in [0.2, 0.25) is 0 Å². The van der Waals surface area contributed by atoms with Gasteiger partial charge in [0.25, 0.3) is 5.91 Å². The lowest BCUT2D eigenvalue weighted by Crippen LogP contribution is -2.62. The van der Waals surface area contributed by atoms with Crippen molar-refractivity contribution in [2.75, 3.05) is 0 Å². The Hall–Kier alpha value is -2.04. The van der Waals surface area contributed by atoms with Crippen molar-refractivity contribution in [3.8, 4) is 11.5 Å². The van der Waals surface area contributed by atoms with Crippen molar-refractivity contribution in [1.82, 2.24) is 10.6 Å². The van der Waals surface area contributed by atoms with Gasteiger partial charge in [-0.2, -0.15) is 0 Å². The molecule has 0 spiro atoms. The summed E-state index contributed by atoms with van der Waals surface area (Å²) in [6, 6.07) is 14.7. The van der Waals surface area contributed by atoms with Gasteiger partial charge in [-0.25, -0.2) is 0 Å². The first-order valence-corrected chi connectivity index (χ1v) is 9.64. The lowest BCUT2D eigenvalue weighted by molar-refractivity contribution is 0.0873. The highest BCUT2D eigenvalue weighted by atomic mass is 35.5. The molecule has 5 heteroatoms. The molecule has 0 bridgehead atoms. The molecule has 1 saturated heterocycles. The predicted molar refractivity (Wildman–Crippen MR) is 110 cm³/mol. The van der Waals surface area contributed by atoms with Crippen LogP contribution in [0.25, 0.3) is 0 Å². The third-order valence-electron chi connectivity index (χ3n) is 4.69. The van der Waals surface area contributed by atoms with Crippen LogP contribution in [0, 0.1) is 0 Å². The van der Waals surface area contributed by atoms with E-state index in [-0.39, 0.29) is 23.0 Å². The quantitative estimate of drug-likeness (QED) is 0.761. The molecule has 2 N–H and O–H groups in total. The molecular formula is C22H27ClN2O2. The number of nitrogens with one attached hydrogen (secondary N) is 2. The van der Waals surface area contributed by atoms with E-state index in [1.165, 1.54) is 0 Å². The molecule has 1 aliphatic heterocycles. The molecule has 0 radical (unpaired) electrons. The molecular weight excluding hydrogens is 360 g/mol. The van der Waals surface area contributed by atoms with Crippen LogP contribution < -0.4 is 15.4 Å². The van der Waals surface area contributed by atoms with Gasteiger partial charge in [-0.05, 0) is 64.8 Å². The van der Waals surface area contributed by atoms with Crippen LogP contribution in [-0.4, -0.2) is 23.0 Å². The monoisotopic (exact) mass is 386 g/mol. The molecule has 2 aromatic rings. The van der Waals surface area contributed by atoms with Gasteiger partial charge in [-0.15, -0.1) is 0 Å². The van der Waals surface area contributed by atoms with Gasteiger partial charge in [0.15, 0.2) is 0 Å². The molecule has 0 unspecified atom stereocenters. The topological polar surface area (TPSA) is 50.4 Å². The van der Waals surface area contributed by atoms with E-state index in [1.807, 2.05) is 30.3 Å². The SMILES string of the molecule is CC1(C)CC(NC(=O)c2ccc(Oc3ccccc3)cc2Cl)CC(C)(C)N1. The number of piperidine rings is 1. The zero-order valence-electron chi connectivity index (χ0n) is 16.3. The highest BCUT2D eigenvalue weighted by Gasteiger charge is 2.38. The molecule has 3 rings (SSSR count). The lowest BCUT2D eigenvalue weighted by atomic mass is 9.79. The predicted octanol–water partition coefficient (Wildman–Crippen LogP) is 5.17. The number of amides is 1. The highest BCUT2D eigenvalue weighted by Crippen LogP contribution is 2.30. The molecule has 0 atom stereocenters. The Morgan fingerprint density at radius 1 is 1.04 bits per heavy atom. The molecule has 144 valence electrons. The Kier molecular flexibility index (Phi) is 5.50. The van der Waals surface area contributed by atoms with Gasteiger partial charge >= 0.3 is 0 Å². The maximum absolute atomic E-state index is 12.8. The van der Waals surface area contributed by atoms with Crippen LogP contribution in [0.2, 0.25) is 5.02 Å². The fraction of sp³-hybridized carbons (Fsp3) is 0.409. The van der Waals surface area contributed by atoms with Crippen LogP contribution in [-0.2, 0) is 0 Å². The van der Waals surface area contributed by atoms with Gasteiger partial charge in [-0.1, -0.05) is 29.8 Å². The maximum atomic E-state index is 12.8. The number of carbonyl (C=O) groups excluding carboxylic acids is 1. The Morgan fingerprint density at radius 2 is 1.67 bits per heavy atom. The molecule has 1 fully saturated rings. The summed E-state index contributed by atoms with van der Waals surface area (Å²) >= 11 is 6.37. The maximum Gasteiger partial charge on any atom is 0.253 e. The minimum absolute atomic E-state index is 0.0309. The first kappa shape index (κ1) is 19.7. The summed E-state index contributed by atoms with van der Waals surface area (Å²) in [6.45, 7) is 8.65. The number of hydrogen-bond acceptors (Lipinski definition) is 3. The van der Waals surface area contributed by atoms with E-state index in [0.29, 0.717) is 16.3 Å². The first-order chi connectivity index (χ1) is 12.6. The van der Waals surface area contributed by atoms with Crippen LogP contribution >= 0.6 is 11.6 Å². The smallest absolute Gasteiger partial charge is 0.253 e. The molecule has 1 aliphatic rings. The summed E-state index contributed by atoms with van der Waals surface area (Å²) in [7, 11) is 0. The van der Waals surface area contributed by atoms with Gasteiger partial charge in [0.1, 0.15) is 11.5 Å². The Labute approximate surface area is 166 Å². The van der Waals surface area contributed by atoms with Gasteiger partial charge in [0.05, 0.1) is 10.6 Å². The van der Waals surface area contributed by atoms with Crippen molar-refractivity contribution in [3.05, 3.63) is 59.1 Å². The zero-order chi connectivity index (χ0) is 19.7. The summed E-state index contributed by atoms with van der Waals surface area (Å²) in [4.78, 5) is 12.8. The van der Waals surface area contributed by atoms with E-state index in [4.69, 9.17) is 16.3 Å².